The van der Waals surface area contributed by atoms with Gasteiger partial charge in [-0.3, -0.25) is 0 Å². The monoisotopic (exact) mass is 271 g/mol. The Balaban J connectivity index is 2.19. The number of nitrogens with zero attached hydrogens (tertiary/aromatic N) is 1. The molecule has 0 aliphatic carbocycles. The lowest BCUT2D eigenvalue weighted by atomic mass is 10.1. The topological polar surface area (TPSA) is 53.2 Å². The number of rotatable bonds is 4. The van der Waals surface area contributed by atoms with Crippen molar-refractivity contribution in [3.8, 4) is 11.8 Å². The molecule has 0 amide bonds. The van der Waals surface area contributed by atoms with E-state index in [2.05, 4.69) is 0 Å². The molecule has 0 atom stereocenters. The Labute approximate surface area is 116 Å². The van der Waals surface area contributed by atoms with Gasteiger partial charge in [-0.25, -0.2) is 4.39 Å². The van der Waals surface area contributed by atoms with Crippen molar-refractivity contribution in [1.82, 2.24) is 0 Å². The van der Waals surface area contributed by atoms with Crippen molar-refractivity contribution >= 4 is 0 Å². The molecule has 0 aromatic heterocycles. The fraction of sp³-hybridized carbons (Fsp3) is 0.188. The minimum atomic E-state index is -0.562. The Morgan fingerprint density at radius 2 is 2.05 bits per heavy atom. The molecular formula is C16H14FNO2. The molecule has 0 fully saturated rings. The number of benzene rings is 2. The van der Waals surface area contributed by atoms with Crippen LogP contribution in [0.1, 0.15) is 22.3 Å². The molecule has 1 N–H and O–H groups in total. The van der Waals surface area contributed by atoms with Crippen LogP contribution in [0.15, 0.2) is 36.4 Å². The summed E-state index contributed by atoms with van der Waals surface area (Å²) in [6.45, 7) is 1.79. The average molecular weight is 271 g/mol. The predicted octanol–water partition coefficient (Wildman–Crippen LogP) is 3.08. The number of aliphatic hydroxyl groups is 1. The predicted molar refractivity (Wildman–Crippen MR) is 72.5 cm³/mol. The molecule has 0 bridgehead atoms. The minimum Gasteiger partial charge on any atom is -0.488 e. The summed E-state index contributed by atoms with van der Waals surface area (Å²) >= 11 is 0. The molecule has 0 saturated carbocycles. The molecule has 2 aromatic carbocycles. The van der Waals surface area contributed by atoms with Crippen molar-refractivity contribution in [2.24, 2.45) is 0 Å². The molecule has 0 radical (unpaired) electrons. The van der Waals surface area contributed by atoms with Crippen molar-refractivity contribution in [3.63, 3.8) is 0 Å². The second-order valence-corrected chi connectivity index (χ2v) is 4.45. The fourth-order valence-corrected chi connectivity index (χ4v) is 1.91. The van der Waals surface area contributed by atoms with E-state index in [1.807, 2.05) is 19.1 Å². The first-order chi connectivity index (χ1) is 9.65. The quantitative estimate of drug-likeness (QED) is 0.929. The lowest BCUT2D eigenvalue weighted by Gasteiger charge is -2.11. The Hall–Kier alpha value is -2.38. The highest BCUT2D eigenvalue weighted by Crippen LogP contribution is 2.22. The van der Waals surface area contributed by atoms with Gasteiger partial charge in [-0.2, -0.15) is 5.26 Å². The fourth-order valence-electron chi connectivity index (χ4n) is 1.91. The van der Waals surface area contributed by atoms with Gasteiger partial charge in [0.2, 0.25) is 0 Å². The van der Waals surface area contributed by atoms with E-state index in [1.54, 1.807) is 24.3 Å². The average Bonchev–Trinajstić information content (AvgIpc) is 2.47. The van der Waals surface area contributed by atoms with Gasteiger partial charge in [-0.05, 0) is 19.1 Å². The smallest absolute Gasteiger partial charge is 0.147 e. The summed E-state index contributed by atoms with van der Waals surface area (Å²) in [5, 5.41) is 18.1. The molecule has 3 nitrogen and oxygen atoms in total. The Morgan fingerprint density at radius 3 is 2.75 bits per heavy atom. The van der Waals surface area contributed by atoms with Crippen molar-refractivity contribution < 1.29 is 14.2 Å². The number of aryl methyl sites for hydroxylation is 1. The summed E-state index contributed by atoms with van der Waals surface area (Å²) in [5.41, 5.74) is 1.98. The van der Waals surface area contributed by atoms with Gasteiger partial charge in [-0.1, -0.05) is 29.8 Å². The van der Waals surface area contributed by atoms with Crippen LogP contribution in [0.5, 0.6) is 5.75 Å². The molecular weight excluding hydrogens is 257 g/mol. The molecule has 0 saturated heterocycles. The van der Waals surface area contributed by atoms with E-state index >= 15 is 0 Å². The molecule has 4 heteroatoms. The summed E-state index contributed by atoms with van der Waals surface area (Å²) in [6, 6.07) is 11.8. The maximum atomic E-state index is 13.9. The highest BCUT2D eigenvalue weighted by atomic mass is 19.1. The van der Waals surface area contributed by atoms with Gasteiger partial charge in [0, 0.05) is 11.1 Å². The number of hydrogen-bond acceptors (Lipinski definition) is 3. The standard InChI is InChI=1S/C16H14FNO2/c1-11-5-6-15(14(7-11)9-19)20-10-13-4-2-3-12(8-18)16(13)17/h2-7,19H,9-10H2,1H3. The number of aliphatic hydroxyl groups excluding tert-OH is 1. The van der Waals surface area contributed by atoms with Crippen LogP contribution < -0.4 is 4.74 Å². The molecule has 0 aliphatic heterocycles. The molecule has 0 unspecified atom stereocenters. The van der Waals surface area contributed by atoms with Crippen molar-refractivity contribution in [2.75, 3.05) is 0 Å². The number of halogens is 1. The van der Waals surface area contributed by atoms with E-state index in [-0.39, 0.29) is 18.8 Å². The number of nitriles is 1. The van der Waals surface area contributed by atoms with Crippen molar-refractivity contribution in [2.45, 2.75) is 20.1 Å². The van der Waals surface area contributed by atoms with Gasteiger partial charge < -0.3 is 9.84 Å². The van der Waals surface area contributed by atoms with E-state index < -0.39 is 5.82 Å². The zero-order valence-electron chi connectivity index (χ0n) is 11.1. The normalized spacial score (nSPS) is 10.1. The second kappa shape index (κ2) is 6.18. The summed E-state index contributed by atoms with van der Waals surface area (Å²) in [5.74, 6) is -0.0486. The van der Waals surface area contributed by atoms with Crippen LogP contribution in [0.4, 0.5) is 4.39 Å². The lowest BCUT2D eigenvalue weighted by molar-refractivity contribution is 0.257. The van der Waals surface area contributed by atoms with E-state index in [4.69, 9.17) is 10.00 Å². The van der Waals surface area contributed by atoms with E-state index in [9.17, 15) is 9.50 Å². The molecule has 2 rings (SSSR count). The molecule has 20 heavy (non-hydrogen) atoms. The number of hydrogen-bond donors (Lipinski definition) is 1. The van der Waals surface area contributed by atoms with Crippen molar-refractivity contribution in [1.29, 1.82) is 5.26 Å². The van der Waals surface area contributed by atoms with Gasteiger partial charge in [0.15, 0.2) is 0 Å². The summed E-state index contributed by atoms with van der Waals surface area (Å²) < 4.78 is 19.4. The zero-order valence-corrected chi connectivity index (χ0v) is 11.1. The summed E-state index contributed by atoms with van der Waals surface area (Å²) in [6.07, 6.45) is 0. The Morgan fingerprint density at radius 1 is 1.25 bits per heavy atom. The van der Waals surface area contributed by atoms with Crippen LogP contribution in [0, 0.1) is 24.1 Å². The summed E-state index contributed by atoms with van der Waals surface area (Å²) in [7, 11) is 0. The second-order valence-electron chi connectivity index (χ2n) is 4.45. The van der Waals surface area contributed by atoms with Crippen LogP contribution in [0.3, 0.4) is 0 Å². The van der Waals surface area contributed by atoms with Crippen LogP contribution in [-0.2, 0) is 13.2 Å². The van der Waals surface area contributed by atoms with E-state index in [1.165, 1.54) is 6.07 Å². The Kier molecular flexibility index (Phi) is 4.34. The third kappa shape index (κ3) is 2.95. The van der Waals surface area contributed by atoms with E-state index in [0.717, 1.165) is 5.56 Å². The molecule has 2 aromatic rings. The zero-order chi connectivity index (χ0) is 14.5. The number of ether oxygens (including phenoxy) is 1. The maximum absolute atomic E-state index is 13.9. The van der Waals surface area contributed by atoms with Crippen molar-refractivity contribution in [3.05, 3.63) is 64.5 Å². The van der Waals surface area contributed by atoms with Gasteiger partial charge in [0.05, 0.1) is 12.2 Å². The molecule has 102 valence electrons. The molecule has 0 aliphatic rings. The maximum Gasteiger partial charge on any atom is 0.147 e. The SMILES string of the molecule is Cc1ccc(OCc2cccc(C#N)c2F)c(CO)c1. The molecule has 0 heterocycles. The highest BCUT2D eigenvalue weighted by Gasteiger charge is 2.09. The van der Waals surface area contributed by atoms with Gasteiger partial charge in [-0.15, -0.1) is 0 Å². The largest absolute Gasteiger partial charge is 0.488 e. The minimum absolute atomic E-state index is 0.00242. The first-order valence-electron chi connectivity index (χ1n) is 6.16. The van der Waals surface area contributed by atoms with Crippen LogP contribution in [-0.4, -0.2) is 5.11 Å². The third-order valence-corrected chi connectivity index (χ3v) is 2.97. The van der Waals surface area contributed by atoms with Crippen LogP contribution >= 0.6 is 0 Å². The summed E-state index contributed by atoms with van der Waals surface area (Å²) in [4.78, 5) is 0. The first kappa shape index (κ1) is 14.0. The van der Waals surface area contributed by atoms with Gasteiger partial charge in [0.1, 0.15) is 24.2 Å². The van der Waals surface area contributed by atoms with Crippen LogP contribution in [0.2, 0.25) is 0 Å². The highest BCUT2D eigenvalue weighted by molar-refractivity contribution is 5.38. The third-order valence-electron chi connectivity index (χ3n) is 2.97. The molecule has 0 spiro atoms. The van der Waals surface area contributed by atoms with Gasteiger partial charge >= 0.3 is 0 Å². The lowest BCUT2D eigenvalue weighted by Crippen LogP contribution is -2.02. The Bertz CT molecular complexity index is 662. The van der Waals surface area contributed by atoms with Crippen LogP contribution in [0.25, 0.3) is 0 Å². The van der Waals surface area contributed by atoms with E-state index in [0.29, 0.717) is 16.9 Å². The first-order valence-corrected chi connectivity index (χ1v) is 6.16. The van der Waals surface area contributed by atoms with Gasteiger partial charge in [0.25, 0.3) is 0 Å².